The van der Waals surface area contributed by atoms with E-state index in [-0.39, 0.29) is 36.9 Å². The van der Waals surface area contributed by atoms with Crippen LogP contribution in [0.15, 0.2) is 31.5 Å². The minimum atomic E-state index is -0.335. The van der Waals surface area contributed by atoms with Gasteiger partial charge < -0.3 is 34.0 Å². The van der Waals surface area contributed by atoms with E-state index in [4.69, 9.17) is 38.1 Å². The molecule has 0 saturated carbocycles. The largest absolute Gasteiger partial charge is 0.458 e. The molecule has 0 atom stereocenters. The van der Waals surface area contributed by atoms with Gasteiger partial charge in [-0.15, -0.1) is 11.6 Å². The van der Waals surface area contributed by atoms with Gasteiger partial charge in [0.1, 0.15) is 11.8 Å². The molecule has 0 saturated heterocycles. The number of carbonyl (C=O) groups is 2. The second kappa shape index (κ2) is 24.7. The van der Waals surface area contributed by atoms with Gasteiger partial charge in [0, 0.05) is 32.2 Å². The van der Waals surface area contributed by atoms with E-state index in [1.54, 1.807) is 26.0 Å². The van der Waals surface area contributed by atoms with Gasteiger partial charge in [-0.05, 0) is 27.7 Å². The lowest BCUT2D eigenvalue weighted by Crippen LogP contribution is -1.97. The molecule has 2 heterocycles. The molecule has 0 amide bonds. The summed E-state index contributed by atoms with van der Waals surface area (Å²) >= 11 is 4.96. The van der Waals surface area contributed by atoms with Crippen molar-refractivity contribution >= 4 is 34.9 Å². The third kappa shape index (κ3) is 30.1. The van der Waals surface area contributed by atoms with Crippen molar-refractivity contribution in [2.75, 3.05) is 6.61 Å². The van der Waals surface area contributed by atoms with Gasteiger partial charge in [-0.1, -0.05) is 33.0 Å². The lowest BCUT2D eigenvalue weighted by Gasteiger charge is -1.94. The lowest BCUT2D eigenvalue weighted by atomic mass is 10.4. The number of hydrogen-bond acceptors (Lipinski definition) is 13. The first-order chi connectivity index (χ1) is 16.5. The summed E-state index contributed by atoms with van der Waals surface area (Å²) in [4.78, 5) is 20.2. The molecule has 0 aliphatic rings. The van der Waals surface area contributed by atoms with Gasteiger partial charge >= 0.3 is 11.9 Å². The van der Waals surface area contributed by atoms with Crippen LogP contribution in [0.1, 0.15) is 50.6 Å². The highest BCUT2D eigenvalue weighted by Gasteiger charge is 2.01. The molecular weight excluding hydrogens is 488 g/mol. The van der Waals surface area contributed by atoms with E-state index >= 15 is 0 Å². The summed E-state index contributed by atoms with van der Waals surface area (Å²) in [5.41, 5.74) is 1.58. The summed E-state index contributed by atoms with van der Waals surface area (Å²) < 4.78 is 18.4. The first kappa shape index (κ1) is 35.7. The van der Waals surface area contributed by atoms with Crippen molar-refractivity contribution in [1.82, 2.24) is 10.3 Å². The average molecular weight is 519 g/mol. The molecule has 0 unspecified atom stereocenters. The molecule has 0 radical (unpaired) electrons. The number of terminal acetylenes is 1. The number of carbonyl (C=O) groups excluding carboxylic acids is 2. The molecule has 2 aromatic heterocycles. The highest BCUT2D eigenvalue weighted by atomic mass is 35.5. The first-order valence-corrected chi connectivity index (χ1v) is 9.96. The second-order valence-electron chi connectivity index (χ2n) is 5.76. The van der Waals surface area contributed by atoms with Crippen molar-refractivity contribution in [3.05, 3.63) is 35.0 Å². The number of ether oxygens (including phenoxy) is 2. The van der Waals surface area contributed by atoms with Crippen LogP contribution in [0.4, 0.5) is 0 Å². The van der Waals surface area contributed by atoms with E-state index < -0.39 is 0 Å². The SMILES string of the molecule is C#CCOC(C)=O.C/C(Cl)=N/O.C/C=N/O.CC(=O)OCc1cc(C)no1.Cc1cc(CO)on1. The van der Waals surface area contributed by atoms with Crippen LogP contribution in [0.25, 0.3) is 0 Å². The molecule has 0 aromatic carbocycles. The summed E-state index contributed by atoms with van der Waals surface area (Å²) in [5.74, 6) is 2.58. The van der Waals surface area contributed by atoms with Crippen LogP contribution in [-0.2, 0) is 32.3 Å². The monoisotopic (exact) mass is 518 g/mol. The molecule has 0 fully saturated rings. The molecule has 35 heavy (non-hydrogen) atoms. The smallest absolute Gasteiger partial charge is 0.303 e. The number of halogens is 1. The normalized spacial score (nSPS) is 9.40. The Labute approximate surface area is 208 Å². The van der Waals surface area contributed by atoms with Gasteiger partial charge in [-0.25, -0.2) is 0 Å². The third-order valence-corrected chi connectivity index (χ3v) is 2.61. The Bertz CT molecular complexity index is 910. The first-order valence-electron chi connectivity index (χ1n) is 9.58. The fraction of sp³-hybridized carbons (Fsp3) is 0.429. The fourth-order valence-corrected chi connectivity index (χ4v) is 1.29. The molecule has 13 nitrogen and oxygen atoms in total. The molecule has 0 aliphatic heterocycles. The number of rotatable bonds is 4. The molecule has 3 N–H and O–H groups in total. The quantitative estimate of drug-likeness (QED) is 0.177. The molecule has 0 aliphatic carbocycles. The van der Waals surface area contributed by atoms with Gasteiger partial charge in [0.2, 0.25) is 0 Å². The van der Waals surface area contributed by atoms with E-state index in [0.717, 1.165) is 11.4 Å². The number of aliphatic hydroxyl groups excluding tert-OH is 1. The van der Waals surface area contributed by atoms with Crippen LogP contribution >= 0.6 is 11.6 Å². The molecule has 2 aromatic rings. The Morgan fingerprint density at radius 2 is 1.51 bits per heavy atom. The maximum atomic E-state index is 10.3. The van der Waals surface area contributed by atoms with E-state index in [0.29, 0.717) is 11.5 Å². The van der Waals surface area contributed by atoms with Crippen LogP contribution in [-0.4, -0.2) is 55.8 Å². The predicted octanol–water partition coefficient (Wildman–Crippen LogP) is 3.20. The van der Waals surface area contributed by atoms with Crippen LogP contribution in [0.5, 0.6) is 0 Å². The minimum Gasteiger partial charge on any atom is -0.458 e. The Hall–Kier alpha value is -3.89. The standard InChI is InChI=1S/C7H9NO3.C5H7NO2.C5H6O2.C2H4ClNO.C2H5NO/c1-5-3-7(11-8-5)4-10-6(2)9;1-4-2-5(3-7)8-6-4;1-3-4-7-5(2)6;1-2(3)4-5;1-2-3-4/h3H,4H2,1-2H3;2,7H,3H2,1H3;1H,4H2,2H3;5H,1H3;2,4H,1H3/b;;;4-2-;3-2+. The van der Waals surface area contributed by atoms with Crippen LogP contribution < -0.4 is 0 Å². The van der Waals surface area contributed by atoms with Crippen LogP contribution in [0, 0.1) is 26.2 Å². The third-order valence-electron chi connectivity index (χ3n) is 2.54. The molecule has 2 rings (SSSR count). The average Bonchev–Trinajstić information content (AvgIpc) is 3.45. The van der Waals surface area contributed by atoms with Gasteiger partial charge in [-0.3, -0.25) is 9.59 Å². The highest BCUT2D eigenvalue weighted by molar-refractivity contribution is 6.64. The van der Waals surface area contributed by atoms with Crippen molar-refractivity contribution in [3.8, 4) is 12.3 Å². The molecular formula is C21H31ClN4O9. The van der Waals surface area contributed by atoms with Crippen molar-refractivity contribution in [3.63, 3.8) is 0 Å². The van der Waals surface area contributed by atoms with Gasteiger partial charge in [0.05, 0.1) is 11.4 Å². The Morgan fingerprint density at radius 1 is 1.09 bits per heavy atom. The van der Waals surface area contributed by atoms with Gasteiger partial charge in [0.15, 0.2) is 24.7 Å². The predicted molar refractivity (Wildman–Crippen MR) is 126 cm³/mol. The number of nitrogens with zero attached hydrogens (tertiary/aromatic N) is 4. The van der Waals surface area contributed by atoms with Crippen LogP contribution in [0.2, 0.25) is 0 Å². The van der Waals surface area contributed by atoms with E-state index in [1.807, 2.05) is 6.92 Å². The van der Waals surface area contributed by atoms with Crippen molar-refractivity contribution in [2.24, 2.45) is 10.3 Å². The summed E-state index contributed by atoms with van der Waals surface area (Å²) in [6.07, 6.45) is 6.06. The number of oxime groups is 2. The zero-order valence-corrected chi connectivity index (χ0v) is 21.1. The summed E-state index contributed by atoms with van der Waals surface area (Å²) in [6.45, 7) is 9.58. The Morgan fingerprint density at radius 3 is 1.71 bits per heavy atom. The summed E-state index contributed by atoms with van der Waals surface area (Å²) in [7, 11) is 0. The highest BCUT2D eigenvalue weighted by Crippen LogP contribution is 2.03. The van der Waals surface area contributed by atoms with Crippen molar-refractivity contribution in [2.45, 2.75) is 54.8 Å². The lowest BCUT2D eigenvalue weighted by molar-refractivity contribution is -0.143. The van der Waals surface area contributed by atoms with Crippen molar-refractivity contribution in [1.29, 1.82) is 0 Å². The summed E-state index contributed by atoms with van der Waals surface area (Å²) in [6, 6.07) is 3.42. The van der Waals surface area contributed by atoms with Gasteiger partial charge in [-0.2, -0.15) is 0 Å². The number of aromatic nitrogens is 2. The fourth-order valence-electron chi connectivity index (χ4n) is 1.29. The van der Waals surface area contributed by atoms with Gasteiger partial charge in [0.25, 0.3) is 0 Å². The topological polar surface area (TPSA) is 190 Å². The number of esters is 2. The second-order valence-corrected chi connectivity index (χ2v) is 6.31. The van der Waals surface area contributed by atoms with Crippen molar-refractivity contribution < 1.29 is 43.6 Å². The minimum absolute atomic E-state index is 0.0686. The number of aliphatic hydroxyl groups is 1. The molecule has 196 valence electrons. The van der Waals surface area contributed by atoms with E-state index in [1.165, 1.54) is 27.0 Å². The molecule has 14 heteroatoms. The zero-order chi connectivity index (χ0) is 27.6. The number of aryl methyl sites for hydroxylation is 2. The maximum absolute atomic E-state index is 10.3. The molecule has 0 spiro atoms. The van der Waals surface area contributed by atoms with E-state index in [9.17, 15) is 9.59 Å². The zero-order valence-electron chi connectivity index (χ0n) is 20.4. The molecule has 0 bridgehead atoms. The Balaban J connectivity index is -0.000000384. The Kier molecular flexibility index (Phi) is 25.2. The van der Waals surface area contributed by atoms with Crippen LogP contribution in [0.3, 0.4) is 0 Å². The summed E-state index contributed by atoms with van der Waals surface area (Å²) in [5, 5.41) is 36.0. The maximum Gasteiger partial charge on any atom is 0.303 e. The van der Waals surface area contributed by atoms with E-state index in [2.05, 4.69) is 40.5 Å². The number of hydrogen-bond donors (Lipinski definition) is 3.